The Bertz CT molecular complexity index is 866. The molecule has 7 nitrogen and oxygen atoms in total. The molecule has 2 aromatic carbocycles. The molecular formula is C18H18N4O3S. The summed E-state index contributed by atoms with van der Waals surface area (Å²) in [5.41, 5.74) is 1.09. The van der Waals surface area contributed by atoms with Crippen LogP contribution in [-0.2, 0) is 18.9 Å². The fourth-order valence-electron chi connectivity index (χ4n) is 2.38. The number of nitro groups is 1. The van der Waals surface area contributed by atoms with Crippen LogP contribution in [0.3, 0.4) is 0 Å². The minimum atomic E-state index is -0.399. The minimum absolute atomic E-state index is 0.0934. The maximum absolute atomic E-state index is 10.7. The Hall–Kier alpha value is -2.87. The van der Waals surface area contributed by atoms with Gasteiger partial charge in [-0.1, -0.05) is 42.1 Å². The van der Waals surface area contributed by atoms with Crippen LogP contribution in [0.15, 0.2) is 59.8 Å². The average Bonchev–Trinajstić information content (AvgIpc) is 3.07. The number of para-hydroxylation sites is 1. The van der Waals surface area contributed by atoms with Crippen LogP contribution in [-0.4, -0.2) is 19.7 Å². The predicted molar refractivity (Wildman–Crippen MR) is 99.1 cm³/mol. The second-order valence-electron chi connectivity index (χ2n) is 5.46. The van der Waals surface area contributed by atoms with E-state index in [9.17, 15) is 10.1 Å². The van der Waals surface area contributed by atoms with Gasteiger partial charge in [-0.3, -0.25) is 10.1 Å². The monoisotopic (exact) mass is 370 g/mol. The van der Waals surface area contributed by atoms with Gasteiger partial charge in [0.25, 0.3) is 5.69 Å². The molecule has 0 saturated carbocycles. The van der Waals surface area contributed by atoms with Crippen molar-refractivity contribution in [3.05, 3.63) is 76.1 Å². The third-order valence-corrected chi connectivity index (χ3v) is 4.77. The third kappa shape index (κ3) is 4.40. The number of benzene rings is 2. The maximum atomic E-state index is 10.7. The lowest BCUT2D eigenvalue weighted by molar-refractivity contribution is -0.384. The van der Waals surface area contributed by atoms with Crippen molar-refractivity contribution in [2.45, 2.75) is 31.0 Å². The van der Waals surface area contributed by atoms with E-state index >= 15 is 0 Å². The summed E-state index contributed by atoms with van der Waals surface area (Å²) in [5, 5.41) is 20.0. The van der Waals surface area contributed by atoms with E-state index < -0.39 is 4.92 Å². The van der Waals surface area contributed by atoms with Crippen LogP contribution in [0.25, 0.3) is 0 Å². The zero-order valence-corrected chi connectivity index (χ0v) is 15.1. The number of hydrogen-bond acceptors (Lipinski definition) is 6. The highest BCUT2D eigenvalue weighted by atomic mass is 32.2. The van der Waals surface area contributed by atoms with Crippen molar-refractivity contribution in [1.29, 1.82) is 0 Å². The van der Waals surface area contributed by atoms with Gasteiger partial charge in [-0.15, -0.1) is 10.2 Å². The molecule has 0 aliphatic carbocycles. The van der Waals surface area contributed by atoms with Crippen molar-refractivity contribution in [2.75, 3.05) is 0 Å². The average molecular weight is 370 g/mol. The Balaban J connectivity index is 1.63. The molecule has 0 spiro atoms. The van der Waals surface area contributed by atoms with Gasteiger partial charge in [0, 0.05) is 24.4 Å². The van der Waals surface area contributed by atoms with Gasteiger partial charge in [0.15, 0.2) is 11.0 Å². The molecule has 0 fully saturated rings. The zero-order chi connectivity index (χ0) is 18.4. The molecule has 134 valence electrons. The number of non-ortho nitro benzene ring substituents is 1. The van der Waals surface area contributed by atoms with Gasteiger partial charge in [-0.2, -0.15) is 0 Å². The SMILES string of the molecule is CCn1c(COc2ccccc2)nnc1SCc1ccc([N+](=O)[O-])cc1. The first-order chi connectivity index (χ1) is 12.7. The number of hydrogen-bond donors (Lipinski definition) is 0. The second kappa shape index (κ2) is 8.48. The van der Waals surface area contributed by atoms with E-state index in [-0.39, 0.29) is 5.69 Å². The molecule has 26 heavy (non-hydrogen) atoms. The minimum Gasteiger partial charge on any atom is -0.486 e. The molecule has 0 aliphatic rings. The highest BCUT2D eigenvalue weighted by Gasteiger charge is 2.12. The Morgan fingerprint density at radius 3 is 2.50 bits per heavy atom. The van der Waals surface area contributed by atoms with Crippen molar-refractivity contribution in [2.24, 2.45) is 0 Å². The van der Waals surface area contributed by atoms with Crippen LogP contribution in [0.4, 0.5) is 5.69 Å². The summed E-state index contributed by atoms with van der Waals surface area (Å²) in [6.07, 6.45) is 0. The van der Waals surface area contributed by atoms with Crippen molar-refractivity contribution < 1.29 is 9.66 Å². The molecule has 3 aromatic rings. The molecule has 0 amide bonds. The standard InChI is InChI=1S/C18H18N4O3S/c1-2-21-17(12-25-16-6-4-3-5-7-16)19-20-18(21)26-13-14-8-10-15(11-9-14)22(23)24/h3-11H,2,12-13H2,1H3. The normalized spacial score (nSPS) is 10.7. The fraction of sp³-hybridized carbons (Fsp3) is 0.222. The Morgan fingerprint density at radius 1 is 1.12 bits per heavy atom. The summed E-state index contributed by atoms with van der Waals surface area (Å²) in [4.78, 5) is 10.3. The fourth-order valence-corrected chi connectivity index (χ4v) is 3.35. The Morgan fingerprint density at radius 2 is 1.85 bits per heavy atom. The quantitative estimate of drug-likeness (QED) is 0.337. The van der Waals surface area contributed by atoms with Crippen LogP contribution < -0.4 is 4.74 Å². The van der Waals surface area contributed by atoms with Gasteiger partial charge in [-0.05, 0) is 24.6 Å². The number of thioether (sulfide) groups is 1. The lowest BCUT2D eigenvalue weighted by Gasteiger charge is -2.08. The molecule has 0 N–H and O–H groups in total. The number of aromatic nitrogens is 3. The number of nitrogens with zero attached hydrogens (tertiary/aromatic N) is 4. The molecule has 8 heteroatoms. The van der Waals surface area contributed by atoms with E-state index in [4.69, 9.17) is 4.74 Å². The Labute approximate surface area is 155 Å². The smallest absolute Gasteiger partial charge is 0.269 e. The highest BCUT2D eigenvalue weighted by molar-refractivity contribution is 7.98. The largest absolute Gasteiger partial charge is 0.486 e. The van der Waals surface area contributed by atoms with E-state index in [0.29, 0.717) is 12.4 Å². The molecule has 1 heterocycles. The van der Waals surface area contributed by atoms with Crippen LogP contribution in [0.5, 0.6) is 5.75 Å². The van der Waals surface area contributed by atoms with Gasteiger partial charge >= 0.3 is 0 Å². The number of ether oxygens (including phenoxy) is 1. The van der Waals surface area contributed by atoms with Crippen molar-refractivity contribution in [3.8, 4) is 5.75 Å². The van der Waals surface area contributed by atoms with Gasteiger partial charge < -0.3 is 9.30 Å². The van der Waals surface area contributed by atoms with E-state index in [0.717, 1.165) is 28.8 Å². The van der Waals surface area contributed by atoms with E-state index in [1.807, 2.05) is 41.8 Å². The molecule has 0 saturated heterocycles. The van der Waals surface area contributed by atoms with Crippen LogP contribution >= 0.6 is 11.8 Å². The van der Waals surface area contributed by atoms with E-state index in [1.54, 1.807) is 23.9 Å². The zero-order valence-electron chi connectivity index (χ0n) is 14.2. The first-order valence-corrected chi connectivity index (χ1v) is 9.12. The predicted octanol–water partition coefficient (Wildman–Crippen LogP) is 4.08. The van der Waals surface area contributed by atoms with Crippen LogP contribution in [0.1, 0.15) is 18.3 Å². The third-order valence-electron chi connectivity index (χ3n) is 3.74. The van der Waals surface area contributed by atoms with Gasteiger partial charge in [0.2, 0.25) is 0 Å². The Kier molecular flexibility index (Phi) is 5.85. The van der Waals surface area contributed by atoms with Gasteiger partial charge in [0.1, 0.15) is 12.4 Å². The molecule has 3 rings (SSSR count). The highest BCUT2D eigenvalue weighted by Crippen LogP contribution is 2.24. The van der Waals surface area contributed by atoms with Crippen molar-refractivity contribution >= 4 is 17.4 Å². The van der Waals surface area contributed by atoms with Crippen molar-refractivity contribution in [3.63, 3.8) is 0 Å². The first kappa shape index (κ1) is 17.9. The van der Waals surface area contributed by atoms with Crippen LogP contribution in [0, 0.1) is 10.1 Å². The van der Waals surface area contributed by atoms with Gasteiger partial charge in [0.05, 0.1) is 4.92 Å². The molecule has 0 unspecified atom stereocenters. The van der Waals surface area contributed by atoms with Crippen LogP contribution in [0.2, 0.25) is 0 Å². The van der Waals surface area contributed by atoms with E-state index in [2.05, 4.69) is 10.2 Å². The summed E-state index contributed by atoms with van der Waals surface area (Å²) in [7, 11) is 0. The molecule has 0 aliphatic heterocycles. The topological polar surface area (TPSA) is 83.1 Å². The number of rotatable bonds is 8. The molecule has 0 radical (unpaired) electrons. The van der Waals surface area contributed by atoms with Gasteiger partial charge in [-0.25, -0.2) is 0 Å². The molecular weight excluding hydrogens is 352 g/mol. The molecule has 0 atom stereocenters. The maximum Gasteiger partial charge on any atom is 0.269 e. The number of nitro benzene ring substituents is 1. The van der Waals surface area contributed by atoms with Crippen molar-refractivity contribution in [1.82, 2.24) is 14.8 Å². The summed E-state index contributed by atoms with van der Waals surface area (Å²) < 4.78 is 7.76. The molecule has 0 bridgehead atoms. The molecule has 1 aromatic heterocycles. The summed E-state index contributed by atoms with van der Waals surface area (Å²) in [6, 6.07) is 16.1. The summed E-state index contributed by atoms with van der Waals surface area (Å²) in [6.45, 7) is 3.12. The summed E-state index contributed by atoms with van der Waals surface area (Å²) in [5.74, 6) is 2.22. The second-order valence-corrected chi connectivity index (χ2v) is 6.40. The first-order valence-electron chi connectivity index (χ1n) is 8.13. The lowest BCUT2D eigenvalue weighted by Crippen LogP contribution is -2.07. The lowest BCUT2D eigenvalue weighted by atomic mass is 10.2. The summed E-state index contributed by atoms with van der Waals surface area (Å²) >= 11 is 1.55. The van der Waals surface area contributed by atoms with E-state index in [1.165, 1.54) is 12.1 Å².